The Balaban J connectivity index is 1.47. The van der Waals surface area contributed by atoms with Crippen molar-refractivity contribution in [3.05, 3.63) is 35.9 Å². The highest BCUT2D eigenvalue weighted by Gasteiger charge is 2.51. The molecule has 168 valence electrons. The number of carbonyl (C=O) groups is 3. The Morgan fingerprint density at radius 1 is 1.16 bits per heavy atom. The van der Waals surface area contributed by atoms with E-state index < -0.39 is 12.1 Å². The molecule has 1 aromatic carbocycles. The second-order valence-corrected chi connectivity index (χ2v) is 9.47. The summed E-state index contributed by atoms with van der Waals surface area (Å²) < 4.78 is 0. The van der Waals surface area contributed by atoms with Gasteiger partial charge in [-0.3, -0.25) is 14.4 Å². The molecule has 4 rings (SSSR count). The molecule has 3 fully saturated rings. The topological polar surface area (TPSA) is 81.8 Å². The van der Waals surface area contributed by atoms with Crippen LogP contribution < -0.4 is 10.6 Å². The van der Waals surface area contributed by atoms with E-state index in [-0.39, 0.29) is 41.5 Å². The van der Waals surface area contributed by atoms with Crippen molar-refractivity contribution in [1.82, 2.24) is 20.4 Å². The number of hydrogen-bond acceptors (Lipinski definition) is 4. The van der Waals surface area contributed by atoms with Crippen LogP contribution in [-0.2, 0) is 20.8 Å². The van der Waals surface area contributed by atoms with Gasteiger partial charge in [-0.15, -0.1) is 0 Å². The largest absolute Gasteiger partial charge is 0.343 e. The third-order valence-electron chi connectivity index (χ3n) is 7.46. The predicted octanol–water partition coefficient (Wildman–Crippen LogP) is 1.04. The lowest BCUT2D eigenvalue weighted by Crippen LogP contribution is -2.63. The van der Waals surface area contributed by atoms with Crippen molar-refractivity contribution in [3.8, 4) is 0 Å². The predicted molar refractivity (Wildman–Crippen MR) is 118 cm³/mol. The molecule has 0 spiro atoms. The smallest absolute Gasteiger partial charge is 0.246 e. The average Bonchev–Trinajstić information content (AvgIpc) is 3.12. The molecule has 3 aliphatic heterocycles. The van der Waals surface area contributed by atoms with Crippen LogP contribution in [0, 0.1) is 17.8 Å². The summed E-state index contributed by atoms with van der Waals surface area (Å²) in [4.78, 5) is 43.0. The number of carbonyl (C=O) groups excluding carboxylic acids is 3. The van der Waals surface area contributed by atoms with Gasteiger partial charge >= 0.3 is 0 Å². The first kappa shape index (κ1) is 21.8. The Kier molecular flexibility index (Phi) is 6.32. The molecule has 0 aromatic heterocycles. The van der Waals surface area contributed by atoms with E-state index in [0.717, 1.165) is 19.4 Å². The number of benzene rings is 1. The van der Waals surface area contributed by atoms with Crippen LogP contribution in [0.3, 0.4) is 0 Å². The zero-order valence-corrected chi connectivity index (χ0v) is 18.7. The summed E-state index contributed by atoms with van der Waals surface area (Å²) in [6.07, 6.45) is 2.35. The van der Waals surface area contributed by atoms with Crippen LogP contribution in [0.4, 0.5) is 0 Å². The number of piperidine rings is 2. The van der Waals surface area contributed by atoms with Crippen molar-refractivity contribution < 1.29 is 14.4 Å². The van der Waals surface area contributed by atoms with E-state index in [1.54, 1.807) is 11.9 Å². The van der Waals surface area contributed by atoms with Crippen LogP contribution >= 0.6 is 0 Å². The monoisotopic (exact) mass is 426 g/mol. The fourth-order valence-corrected chi connectivity index (χ4v) is 5.56. The summed E-state index contributed by atoms with van der Waals surface area (Å²) >= 11 is 0. The fraction of sp³-hybridized carbons (Fsp3) is 0.625. The summed E-state index contributed by atoms with van der Waals surface area (Å²) in [5.41, 5.74) is 1.21. The highest BCUT2D eigenvalue weighted by Crippen LogP contribution is 2.37. The number of nitrogens with one attached hydrogen (secondary N) is 2. The maximum absolute atomic E-state index is 13.5. The first-order valence-electron chi connectivity index (χ1n) is 11.5. The van der Waals surface area contributed by atoms with Crippen LogP contribution in [0.1, 0.15) is 32.3 Å². The van der Waals surface area contributed by atoms with E-state index in [1.807, 2.05) is 30.0 Å². The van der Waals surface area contributed by atoms with Gasteiger partial charge < -0.3 is 20.4 Å². The molecular weight excluding hydrogens is 392 g/mol. The molecule has 0 aliphatic carbocycles. The molecule has 6 atom stereocenters. The van der Waals surface area contributed by atoms with Crippen molar-refractivity contribution >= 4 is 17.7 Å². The van der Waals surface area contributed by atoms with Gasteiger partial charge in [0, 0.05) is 19.6 Å². The normalized spacial score (nSPS) is 33.3. The summed E-state index contributed by atoms with van der Waals surface area (Å²) in [5, 5.41) is 5.92. The van der Waals surface area contributed by atoms with Crippen molar-refractivity contribution in [2.24, 2.45) is 17.8 Å². The number of nitrogens with zero attached hydrogens (tertiary/aromatic N) is 2. The molecule has 3 heterocycles. The first-order valence-corrected chi connectivity index (χ1v) is 11.5. The maximum Gasteiger partial charge on any atom is 0.246 e. The number of fused-ring (bicyclic) bond motifs is 1. The number of amides is 3. The van der Waals surface area contributed by atoms with E-state index in [4.69, 9.17) is 0 Å². The Hall–Kier alpha value is -2.41. The maximum atomic E-state index is 13.5. The Morgan fingerprint density at radius 2 is 1.90 bits per heavy atom. The lowest BCUT2D eigenvalue weighted by atomic mass is 9.84. The molecule has 31 heavy (non-hydrogen) atoms. The molecule has 2 N–H and O–H groups in total. The van der Waals surface area contributed by atoms with Crippen LogP contribution in [0.5, 0.6) is 0 Å². The van der Waals surface area contributed by atoms with Gasteiger partial charge in [0.15, 0.2) is 0 Å². The van der Waals surface area contributed by atoms with Crippen LogP contribution in [0.15, 0.2) is 30.3 Å². The standard InChI is InChI=1S/C24H34N4O3/c1-15-13-19(25-3)22(29)26-20(15)23(30)28-14-16(2)18-10-12-27(24(31)21(18)28)11-9-17-7-5-4-6-8-17/h4-8,15-16,18-21,25H,9-14H2,1-3H3,(H,26,29)/t15?,16-,18+,19-,20-,21-/m0/s1. The lowest BCUT2D eigenvalue weighted by Gasteiger charge is -2.41. The Bertz CT molecular complexity index is 829. The van der Waals surface area contributed by atoms with E-state index in [2.05, 4.69) is 29.7 Å². The lowest BCUT2D eigenvalue weighted by molar-refractivity contribution is -0.150. The van der Waals surface area contributed by atoms with Gasteiger partial charge in [0.1, 0.15) is 12.1 Å². The summed E-state index contributed by atoms with van der Waals surface area (Å²) in [6.45, 7) is 6.14. The van der Waals surface area contributed by atoms with E-state index in [9.17, 15) is 14.4 Å². The first-order chi connectivity index (χ1) is 14.9. The summed E-state index contributed by atoms with van der Waals surface area (Å²) in [6, 6.07) is 8.95. The average molecular weight is 427 g/mol. The molecule has 3 saturated heterocycles. The fourth-order valence-electron chi connectivity index (χ4n) is 5.56. The minimum absolute atomic E-state index is 0.0184. The number of hydrogen-bond donors (Lipinski definition) is 2. The van der Waals surface area contributed by atoms with E-state index in [1.165, 1.54) is 5.56 Å². The van der Waals surface area contributed by atoms with Gasteiger partial charge in [0.25, 0.3) is 0 Å². The minimum atomic E-state index is -0.560. The van der Waals surface area contributed by atoms with Crippen LogP contribution in [0.25, 0.3) is 0 Å². The second kappa shape index (κ2) is 8.99. The number of rotatable bonds is 5. The van der Waals surface area contributed by atoms with Crippen molar-refractivity contribution in [1.29, 1.82) is 0 Å². The quantitative estimate of drug-likeness (QED) is 0.737. The molecule has 1 unspecified atom stereocenters. The van der Waals surface area contributed by atoms with Crippen LogP contribution in [-0.4, -0.2) is 72.3 Å². The van der Waals surface area contributed by atoms with Crippen molar-refractivity contribution in [2.45, 2.75) is 51.2 Å². The van der Waals surface area contributed by atoms with E-state index in [0.29, 0.717) is 19.5 Å². The highest BCUT2D eigenvalue weighted by atomic mass is 16.2. The van der Waals surface area contributed by atoms with Gasteiger partial charge in [0.05, 0.1) is 6.04 Å². The molecule has 3 amide bonds. The van der Waals surface area contributed by atoms with Crippen molar-refractivity contribution in [2.75, 3.05) is 26.7 Å². The molecule has 3 aliphatic rings. The van der Waals surface area contributed by atoms with Crippen LogP contribution in [0.2, 0.25) is 0 Å². The molecule has 0 radical (unpaired) electrons. The van der Waals surface area contributed by atoms with E-state index >= 15 is 0 Å². The minimum Gasteiger partial charge on any atom is -0.343 e. The van der Waals surface area contributed by atoms with Gasteiger partial charge in [-0.25, -0.2) is 0 Å². The van der Waals surface area contributed by atoms with Gasteiger partial charge in [0.2, 0.25) is 17.7 Å². The molecular formula is C24H34N4O3. The highest BCUT2D eigenvalue weighted by molar-refractivity contribution is 5.95. The molecule has 0 saturated carbocycles. The Morgan fingerprint density at radius 3 is 2.61 bits per heavy atom. The molecule has 7 heteroatoms. The molecule has 1 aromatic rings. The summed E-state index contributed by atoms with van der Waals surface area (Å²) in [7, 11) is 1.76. The third-order valence-corrected chi connectivity index (χ3v) is 7.46. The third kappa shape index (κ3) is 4.20. The zero-order chi connectivity index (χ0) is 22.1. The SMILES string of the molecule is CN[C@H]1CC(C)[C@@H](C(=O)N2C[C@H](C)[C@H]3CCN(CCc4ccccc4)C(=O)[C@H]32)NC1=O. The molecule has 7 nitrogen and oxygen atoms in total. The number of likely N-dealkylation sites (tertiary alicyclic amines) is 2. The van der Waals surface area contributed by atoms with Gasteiger partial charge in [-0.2, -0.15) is 0 Å². The molecule has 0 bridgehead atoms. The van der Waals surface area contributed by atoms with Crippen molar-refractivity contribution in [3.63, 3.8) is 0 Å². The Labute approximate surface area is 184 Å². The zero-order valence-electron chi connectivity index (χ0n) is 18.7. The second-order valence-electron chi connectivity index (χ2n) is 9.47. The number of likely N-dealkylation sites (N-methyl/N-ethyl adjacent to an activating group) is 1. The summed E-state index contributed by atoms with van der Waals surface area (Å²) in [5.74, 6) is 0.325. The van der Waals surface area contributed by atoms with Gasteiger partial charge in [-0.1, -0.05) is 44.2 Å². The van der Waals surface area contributed by atoms with Gasteiger partial charge in [-0.05, 0) is 49.6 Å².